The van der Waals surface area contributed by atoms with Crippen LogP contribution in [0, 0.1) is 0 Å². The van der Waals surface area contributed by atoms with Crippen LogP contribution in [-0.4, -0.2) is 31.1 Å². The van der Waals surface area contributed by atoms with Crippen LogP contribution in [0.2, 0.25) is 0 Å². The molecule has 0 radical (unpaired) electrons. The van der Waals surface area contributed by atoms with Gasteiger partial charge in [0.1, 0.15) is 0 Å². The molecule has 1 heterocycles. The van der Waals surface area contributed by atoms with Gasteiger partial charge in [-0.1, -0.05) is 12.8 Å². The Labute approximate surface area is 76.1 Å². The Bertz CT molecular complexity index is 114. The van der Waals surface area contributed by atoms with Crippen LogP contribution in [0.4, 0.5) is 0 Å². The van der Waals surface area contributed by atoms with Crippen LogP contribution >= 0.6 is 0 Å². The molecule has 1 aliphatic heterocycles. The molecule has 0 bridgehead atoms. The van der Waals surface area contributed by atoms with Crippen LogP contribution < -0.4 is 5.73 Å². The molecule has 0 aromatic heterocycles. The molecular weight excluding hydrogens is 148 g/mol. The van der Waals surface area contributed by atoms with E-state index in [2.05, 4.69) is 11.9 Å². The quantitative estimate of drug-likeness (QED) is 0.697. The Kier molecular flexibility index (Phi) is 4.62. The van der Waals surface area contributed by atoms with Crippen LogP contribution in [0.1, 0.15) is 38.5 Å². The first-order valence-electron chi connectivity index (χ1n) is 5.25. The summed E-state index contributed by atoms with van der Waals surface area (Å²) in [5.41, 5.74) is 5.51. The SMILES string of the molecule is CN1CCCCCC1CCCN. The smallest absolute Gasteiger partial charge is 0.00926 e. The molecule has 1 aliphatic rings. The predicted molar refractivity (Wildman–Crippen MR) is 53.2 cm³/mol. The van der Waals surface area contributed by atoms with Crippen molar-refractivity contribution in [2.45, 2.75) is 44.6 Å². The van der Waals surface area contributed by atoms with E-state index in [4.69, 9.17) is 5.73 Å². The monoisotopic (exact) mass is 170 g/mol. The lowest BCUT2D eigenvalue weighted by molar-refractivity contribution is 0.232. The molecule has 72 valence electrons. The van der Waals surface area contributed by atoms with Gasteiger partial charge in [0.15, 0.2) is 0 Å². The van der Waals surface area contributed by atoms with Crippen molar-refractivity contribution in [3.8, 4) is 0 Å². The van der Waals surface area contributed by atoms with Gasteiger partial charge in [-0.3, -0.25) is 0 Å². The lowest BCUT2D eigenvalue weighted by atomic mass is 10.1. The van der Waals surface area contributed by atoms with Crippen LogP contribution in [0.25, 0.3) is 0 Å². The van der Waals surface area contributed by atoms with E-state index in [-0.39, 0.29) is 0 Å². The number of rotatable bonds is 3. The molecule has 12 heavy (non-hydrogen) atoms. The first-order chi connectivity index (χ1) is 5.84. The average Bonchev–Trinajstić information content (AvgIpc) is 2.27. The highest BCUT2D eigenvalue weighted by molar-refractivity contribution is 4.72. The van der Waals surface area contributed by atoms with Gasteiger partial charge < -0.3 is 10.6 Å². The Morgan fingerprint density at radius 3 is 2.92 bits per heavy atom. The normalized spacial score (nSPS) is 27.0. The van der Waals surface area contributed by atoms with Crippen molar-refractivity contribution in [1.29, 1.82) is 0 Å². The Hall–Kier alpha value is -0.0800. The molecule has 1 saturated heterocycles. The number of likely N-dealkylation sites (tertiary alicyclic amines) is 1. The largest absolute Gasteiger partial charge is 0.330 e. The maximum absolute atomic E-state index is 5.51. The highest BCUT2D eigenvalue weighted by Crippen LogP contribution is 2.18. The molecular formula is C10H22N2. The molecule has 0 saturated carbocycles. The van der Waals surface area contributed by atoms with Crippen molar-refractivity contribution in [3.05, 3.63) is 0 Å². The van der Waals surface area contributed by atoms with Gasteiger partial charge in [-0.2, -0.15) is 0 Å². The van der Waals surface area contributed by atoms with E-state index >= 15 is 0 Å². The predicted octanol–water partition coefficient (Wildman–Crippen LogP) is 1.60. The van der Waals surface area contributed by atoms with Crippen molar-refractivity contribution in [2.24, 2.45) is 5.73 Å². The van der Waals surface area contributed by atoms with Crippen LogP contribution in [0.5, 0.6) is 0 Å². The van der Waals surface area contributed by atoms with Gasteiger partial charge in [-0.25, -0.2) is 0 Å². The lowest BCUT2D eigenvalue weighted by Crippen LogP contribution is -2.31. The summed E-state index contributed by atoms with van der Waals surface area (Å²) in [5.74, 6) is 0. The number of hydrogen-bond acceptors (Lipinski definition) is 2. The third-order valence-electron chi connectivity index (χ3n) is 2.91. The summed E-state index contributed by atoms with van der Waals surface area (Å²) in [7, 11) is 2.26. The summed E-state index contributed by atoms with van der Waals surface area (Å²) in [6, 6.07) is 0.816. The topological polar surface area (TPSA) is 29.3 Å². The summed E-state index contributed by atoms with van der Waals surface area (Å²) >= 11 is 0. The van der Waals surface area contributed by atoms with Gasteiger partial charge >= 0.3 is 0 Å². The molecule has 0 aromatic carbocycles. The number of nitrogens with zero attached hydrogens (tertiary/aromatic N) is 1. The second-order valence-electron chi connectivity index (χ2n) is 3.91. The molecule has 1 fully saturated rings. The van der Waals surface area contributed by atoms with E-state index in [1.165, 1.54) is 45.1 Å². The fourth-order valence-corrected chi connectivity index (χ4v) is 2.04. The van der Waals surface area contributed by atoms with Crippen LogP contribution in [0.3, 0.4) is 0 Å². The Balaban J connectivity index is 2.26. The van der Waals surface area contributed by atoms with Gasteiger partial charge in [0.2, 0.25) is 0 Å². The van der Waals surface area contributed by atoms with Gasteiger partial charge in [0.25, 0.3) is 0 Å². The first-order valence-corrected chi connectivity index (χ1v) is 5.25. The minimum absolute atomic E-state index is 0.816. The lowest BCUT2D eigenvalue weighted by Gasteiger charge is -2.25. The zero-order valence-corrected chi connectivity index (χ0v) is 8.26. The molecule has 1 atom stereocenters. The van der Waals surface area contributed by atoms with Crippen molar-refractivity contribution < 1.29 is 0 Å². The van der Waals surface area contributed by atoms with Gasteiger partial charge in [0, 0.05) is 6.04 Å². The third kappa shape index (κ3) is 3.11. The Morgan fingerprint density at radius 1 is 1.33 bits per heavy atom. The molecule has 0 aromatic rings. The molecule has 1 rings (SSSR count). The molecule has 2 nitrogen and oxygen atoms in total. The van der Waals surface area contributed by atoms with Crippen molar-refractivity contribution in [2.75, 3.05) is 20.1 Å². The Morgan fingerprint density at radius 2 is 2.17 bits per heavy atom. The van der Waals surface area contributed by atoms with Crippen molar-refractivity contribution in [3.63, 3.8) is 0 Å². The summed E-state index contributed by atoms with van der Waals surface area (Å²) in [4.78, 5) is 2.52. The minimum atomic E-state index is 0.816. The molecule has 0 amide bonds. The van der Waals surface area contributed by atoms with E-state index in [9.17, 15) is 0 Å². The maximum Gasteiger partial charge on any atom is 0.00926 e. The summed E-state index contributed by atoms with van der Waals surface area (Å²) < 4.78 is 0. The third-order valence-corrected chi connectivity index (χ3v) is 2.91. The summed E-state index contributed by atoms with van der Waals surface area (Å²) in [6.45, 7) is 2.14. The van der Waals surface area contributed by atoms with Gasteiger partial charge in [0.05, 0.1) is 0 Å². The van der Waals surface area contributed by atoms with Gasteiger partial charge in [-0.15, -0.1) is 0 Å². The minimum Gasteiger partial charge on any atom is -0.330 e. The summed E-state index contributed by atoms with van der Waals surface area (Å²) in [5, 5.41) is 0. The highest BCUT2D eigenvalue weighted by atomic mass is 15.1. The van der Waals surface area contributed by atoms with E-state index in [0.29, 0.717) is 0 Å². The van der Waals surface area contributed by atoms with Crippen molar-refractivity contribution >= 4 is 0 Å². The molecule has 2 N–H and O–H groups in total. The second kappa shape index (κ2) is 5.55. The van der Waals surface area contributed by atoms with E-state index in [1.807, 2.05) is 0 Å². The standard InChI is InChI=1S/C10H22N2/c1-12-9-4-2-3-6-10(12)7-5-8-11/h10H,2-9,11H2,1H3. The number of hydrogen-bond donors (Lipinski definition) is 1. The fraction of sp³-hybridized carbons (Fsp3) is 1.00. The average molecular weight is 170 g/mol. The van der Waals surface area contributed by atoms with E-state index in [1.54, 1.807) is 0 Å². The highest BCUT2D eigenvalue weighted by Gasteiger charge is 2.16. The fourth-order valence-electron chi connectivity index (χ4n) is 2.04. The van der Waals surface area contributed by atoms with Crippen molar-refractivity contribution in [1.82, 2.24) is 4.90 Å². The molecule has 1 unspecified atom stereocenters. The zero-order valence-electron chi connectivity index (χ0n) is 8.26. The summed E-state index contributed by atoms with van der Waals surface area (Å²) in [6.07, 6.45) is 8.09. The van der Waals surface area contributed by atoms with Gasteiger partial charge in [-0.05, 0) is 45.8 Å². The molecule has 0 aliphatic carbocycles. The molecule has 2 heteroatoms. The second-order valence-corrected chi connectivity index (χ2v) is 3.91. The number of nitrogens with two attached hydrogens (primary N) is 1. The van der Waals surface area contributed by atoms with E-state index < -0.39 is 0 Å². The van der Waals surface area contributed by atoms with Crippen LogP contribution in [0.15, 0.2) is 0 Å². The van der Waals surface area contributed by atoms with E-state index in [0.717, 1.165) is 12.6 Å². The first kappa shape index (κ1) is 10.0. The molecule has 0 spiro atoms. The van der Waals surface area contributed by atoms with Crippen LogP contribution in [-0.2, 0) is 0 Å². The maximum atomic E-state index is 5.51. The zero-order chi connectivity index (χ0) is 8.81.